The molecule has 3 heterocycles. The molecule has 140 valence electrons. The van der Waals surface area contributed by atoms with Crippen LogP contribution in [-0.2, 0) is 9.59 Å². The maximum atomic E-state index is 13.4. The Morgan fingerprint density at radius 2 is 1.64 bits per heavy atom. The lowest BCUT2D eigenvalue weighted by atomic mass is 9.83. The van der Waals surface area contributed by atoms with Crippen molar-refractivity contribution in [3.8, 4) is 0 Å². The molecule has 2 aliphatic rings. The number of nitrogens with zero attached hydrogens (tertiary/aromatic N) is 1. The number of H-pyrrole nitrogens is 1. The molecule has 1 fully saturated rings. The molecule has 3 atom stereocenters. The van der Waals surface area contributed by atoms with E-state index in [1.54, 1.807) is 0 Å². The molecule has 28 heavy (non-hydrogen) atoms. The number of hydrogen-bond donors (Lipinski definition) is 1. The number of hydrogen-bond acceptors (Lipinski definition) is 5. The molecule has 1 aromatic heterocycles. The molecule has 2 unspecified atom stereocenters. The average molecular weight is 409 g/mol. The SMILES string of the molecule is Cc1ccc(N2C(=O)C3Sc4[nH]c(=O)sc4[C@H](c4ccccc4)C3C2=O)cc1. The minimum atomic E-state index is -0.545. The second-order valence-electron chi connectivity index (χ2n) is 7.01. The predicted molar refractivity (Wildman–Crippen MR) is 110 cm³/mol. The van der Waals surface area contributed by atoms with Crippen LogP contribution >= 0.6 is 23.1 Å². The van der Waals surface area contributed by atoms with E-state index >= 15 is 0 Å². The van der Waals surface area contributed by atoms with Crippen LogP contribution in [0.25, 0.3) is 0 Å². The second kappa shape index (κ2) is 6.46. The third-order valence-electron chi connectivity index (χ3n) is 5.27. The molecule has 7 heteroatoms. The van der Waals surface area contributed by atoms with Crippen molar-refractivity contribution in [3.05, 3.63) is 80.3 Å². The van der Waals surface area contributed by atoms with Crippen LogP contribution in [0.1, 0.15) is 21.9 Å². The number of fused-ring (bicyclic) bond motifs is 2. The molecule has 2 amide bonds. The van der Waals surface area contributed by atoms with Crippen LogP contribution in [0.5, 0.6) is 0 Å². The van der Waals surface area contributed by atoms with Gasteiger partial charge in [0.25, 0.3) is 0 Å². The molecule has 5 nitrogen and oxygen atoms in total. The highest BCUT2D eigenvalue weighted by atomic mass is 32.2. The van der Waals surface area contributed by atoms with Crippen LogP contribution in [0.4, 0.5) is 5.69 Å². The normalized spacial score (nSPS) is 23.6. The highest BCUT2D eigenvalue weighted by molar-refractivity contribution is 8.00. The molecule has 0 aliphatic carbocycles. The van der Waals surface area contributed by atoms with E-state index < -0.39 is 11.2 Å². The number of aryl methyl sites for hydroxylation is 1. The Labute approximate surface area is 169 Å². The van der Waals surface area contributed by atoms with E-state index in [1.807, 2.05) is 61.5 Å². The van der Waals surface area contributed by atoms with Crippen molar-refractivity contribution in [1.82, 2.24) is 4.98 Å². The standard InChI is InChI=1S/C21H16N2O3S2/c1-11-7-9-13(10-8-11)23-19(24)15-14(12-5-3-2-4-6-12)16-18(22-21(26)28-16)27-17(15)20(23)25/h2-10,14-15,17H,1H3,(H,22,26)/t14-,15?,17?/m1/s1. The van der Waals surface area contributed by atoms with Gasteiger partial charge >= 0.3 is 4.87 Å². The first-order chi connectivity index (χ1) is 13.5. The third kappa shape index (κ3) is 2.57. The van der Waals surface area contributed by atoms with Gasteiger partial charge in [-0.2, -0.15) is 0 Å². The Balaban J connectivity index is 1.65. The van der Waals surface area contributed by atoms with Gasteiger partial charge in [-0.1, -0.05) is 71.1 Å². The molecule has 1 N–H and O–H groups in total. The summed E-state index contributed by atoms with van der Waals surface area (Å²) in [7, 11) is 0. The van der Waals surface area contributed by atoms with Crippen molar-refractivity contribution < 1.29 is 9.59 Å². The highest BCUT2D eigenvalue weighted by Gasteiger charge is 2.56. The molecule has 0 bridgehead atoms. The predicted octanol–water partition coefficient (Wildman–Crippen LogP) is 3.54. The summed E-state index contributed by atoms with van der Waals surface area (Å²) in [5, 5.41) is 0.161. The van der Waals surface area contributed by atoms with Crippen LogP contribution in [0, 0.1) is 12.8 Å². The van der Waals surface area contributed by atoms with E-state index in [2.05, 4.69) is 4.98 Å². The van der Waals surface area contributed by atoms with E-state index in [0.29, 0.717) is 10.7 Å². The van der Waals surface area contributed by atoms with Crippen molar-refractivity contribution in [2.45, 2.75) is 23.1 Å². The highest BCUT2D eigenvalue weighted by Crippen LogP contribution is 2.53. The topological polar surface area (TPSA) is 70.2 Å². The van der Waals surface area contributed by atoms with E-state index in [4.69, 9.17) is 0 Å². The van der Waals surface area contributed by atoms with Crippen LogP contribution in [0.15, 0.2) is 64.4 Å². The zero-order valence-corrected chi connectivity index (χ0v) is 16.5. The monoisotopic (exact) mass is 408 g/mol. The maximum absolute atomic E-state index is 13.4. The first kappa shape index (κ1) is 17.5. The van der Waals surface area contributed by atoms with Gasteiger partial charge in [-0.3, -0.25) is 14.4 Å². The number of thiazole rings is 1. The Morgan fingerprint density at radius 1 is 0.929 bits per heavy atom. The first-order valence-corrected chi connectivity index (χ1v) is 10.6. The van der Waals surface area contributed by atoms with Gasteiger partial charge in [0.15, 0.2) is 0 Å². The quantitative estimate of drug-likeness (QED) is 0.659. The Kier molecular flexibility index (Phi) is 4.03. The molecular formula is C21H16N2O3S2. The summed E-state index contributed by atoms with van der Waals surface area (Å²) < 4.78 is 0. The zero-order valence-electron chi connectivity index (χ0n) is 14.9. The Morgan fingerprint density at radius 3 is 2.36 bits per heavy atom. The van der Waals surface area contributed by atoms with Crippen LogP contribution in [0.3, 0.4) is 0 Å². The summed E-state index contributed by atoms with van der Waals surface area (Å²) in [6.45, 7) is 1.97. The molecule has 0 spiro atoms. The number of aromatic amines is 1. The number of nitrogens with one attached hydrogen (secondary N) is 1. The van der Waals surface area contributed by atoms with Crippen molar-refractivity contribution in [2.75, 3.05) is 4.90 Å². The third-order valence-corrected chi connectivity index (χ3v) is 7.68. The fourth-order valence-corrected chi connectivity index (χ4v) is 6.50. The zero-order chi connectivity index (χ0) is 19.4. The number of imide groups is 1. The minimum absolute atomic E-state index is 0.159. The van der Waals surface area contributed by atoms with Crippen molar-refractivity contribution in [2.24, 2.45) is 5.92 Å². The second-order valence-corrected chi connectivity index (χ2v) is 9.17. The van der Waals surface area contributed by atoms with Gasteiger partial charge in [-0.25, -0.2) is 4.90 Å². The van der Waals surface area contributed by atoms with E-state index in [1.165, 1.54) is 16.7 Å². The molecule has 0 radical (unpaired) electrons. The lowest BCUT2D eigenvalue weighted by Gasteiger charge is -2.29. The summed E-state index contributed by atoms with van der Waals surface area (Å²) in [6, 6.07) is 17.1. The lowest BCUT2D eigenvalue weighted by molar-refractivity contribution is -0.122. The van der Waals surface area contributed by atoms with Gasteiger partial charge in [-0.15, -0.1) is 0 Å². The van der Waals surface area contributed by atoms with E-state index in [-0.39, 0.29) is 22.6 Å². The molecule has 5 rings (SSSR count). The van der Waals surface area contributed by atoms with Crippen molar-refractivity contribution >= 4 is 40.6 Å². The number of thioether (sulfide) groups is 1. The summed E-state index contributed by atoms with van der Waals surface area (Å²) in [4.78, 5) is 43.5. The minimum Gasteiger partial charge on any atom is -0.307 e. The fraction of sp³-hybridized carbons (Fsp3) is 0.190. The largest absolute Gasteiger partial charge is 0.307 e. The Hall–Kier alpha value is -2.64. The molecule has 2 aliphatic heterocycles. The smallest absolute Gasteiger partial charge is 0.305 e. The van der Waals surface area contributed by atoms with Crippen molar-refractivity contribution in [3.63, 3.8) is 0 Å². The van der Waals surface area contributed by atoms with Gasteiger partial charge in [0.1, 0.15) is 5.25 Å². The maximum Gasteiger partial charge on any atom is 0.305 e. The van der Waals surface area contributed by atoms with Crippen LogP contribution in [-0.4, -0.2) is 22.0 Å². The summed E-state index contributed by atoms with van der Waals surface area (Å²) >= 11 is 2.43. The first-order valence-electron chi connectivity index (χ1n) is 8.93. The van der Waals surface area contributed by atoms with Gasteiger partial charge in [0.05, 0.1) is 16.6 Å². The van der Waals surface area contributed by atoms with E-state index in [0.717, 1.165) is 27.3 Å². The summed E-state index contributed by atoms with van der Waals surface area (Å²) in [6.07, 6.45) is 0. The average Bonchev–Trinajstić information content (AvgIpc) is 3.18. The van der Waals surface area contributed by atoms with Gasteiger partial charge < -0.3 is 4.98 Å². The van der Waals surface area contributed by atoms with Crippen molar-refractivity contribution in [1.29, 1.82) is 0 Å². The number of benzene rings is 2. The number of aromatic nitrogens is 1. The summed E-state index contributed by atoms with van der Waals surface area (Å²) in [5.41, 5.74) is 2.61. The number of carbonyl (C=O) groups excluding carboxylic acids is 2. The number of amides is 2. The van der Waals surface area contributed by atoms with Crippen LogP contribution < -0.4 is 9.77 Å². The number of anilines is 1. The molecule has 2 aromatic carbocycles. The van der Waals surface area contributed by atoms with Gasteiger partial charge in [-0.05, 0) is 24.6 Å². The van der Waals surface area contributed by atoms with Gasteiger partial charge in [0, 0.05) is 10.8 Å². The summed E-state index contributed by atoms with van der Waals surface area (Å²) in [5.74, 6) is -1.26. The van der Waals surface area contributed by atoms with Crippen LogP contribution in [0.2, 0.25) is 0 Å². The fourth-order valence-electron chi connectivity index (χ4n) is 3.98. The van der Waals surface area contributed by atoms with Gasteiger partial charge in [0.2, 0.25) is 11.8 Å². The Bertz CT molecular complexity index is 1130. The lowest BCUT2D eigenvalue weighted by Crippen LogP contribution is -2.32. The number of rotatable bonds is 2. The number of carbonyl (C=O) groups is 2. The molecule has 1 saturated heterocycles. The molecule has 0 saturated carbocycles. The molecule has 3 aromatic rings. The van der Waals surface area contributed by atoms with E-state index in [9.17, 15) is 14.4 Å². The molecular weight excluding hydrogens is 392 g/mol.